The van der Waals surface area contributed by atoms with Crippen LogP contribution >= 0.6 is 0 Å². The summed E-state index contributed by atoms with van der Waals surface area (Å²) in [6, 6.07) is 4.17. The Bertz CT molecular complexity index is 514. The second-order valence-electron chi connectivity index (χ2n) is 5.92. The lowest BCUT2D eigenvalue weighted by Crippen LogP contribution is -2.41. The van der Waals surface area contributed by atoms with E-state index < -0.39 is 23.1 Å². The predicted molar refractivity (Wildman–Crippen MR) is 79.8 cm³/mol. The van der Waals surface area contributed by atoms with Crippen molar-refractivity contribution in [3.63, 3.8) is 0 Å². The molecule has 1 rings (SSSR count). The number of halogens is 3. The van der Waals surface area contributed by atoms with Crippen LogP contribution < -0.4 is 5.32 Å². The maximum absolute atomic E-state index is 12.4. The van der Waals surface area contributed by atoms with Gasteiger partial charge in [0.2, 0.25) is 5.91 Å². The van der Waals surface area contributed by atoms with E-state index in [1.807, 2.05) is 0 Å². The first-order chi connectivity index (χ1) is 10.6. The molecule has 1 aromatic rings. The van der Waals surface area contributed by atoms with Crippen molar-refractivity contribution in [2.75, 3.05) is 38.7 Å². The first kappa shape index (κ1) is 19.4. The molecule has 0 spiro atoms. The number of hydrogen-bond donors (Lipinski definition) is 3. The van der Waals surface area contributed by atoms with Crippen LogP contribution in [0.5, 0.6) is 0 Å². The lowest BCUT2D eigenvalue weighted by molar-refractivity contribution is -0.137. The molecule has 0 aromatic heterocycles. The molecule has 5 nitrogen and oxygen atoms in total. The first-order valence-corrected chi connectivity index (χ1v) is 6.97. The van der Waals surface area contributed by atoms with E-state index in [0.717, 1.165) is 12.1 Å². The molecule has 0 heterocycles. The monoisotopic (exact) mass is 334 g/mol. The van der Waals surface area contributed by atoms with Crippen molar-refractivity contribution in [1.82, 2.24) is 4.90 Å². The number of hydrogen-bond acceptors (Lipinski definition) is 4. The van der Waals surface area contributed by atoms with Gasteiger partial charge in [0.05, 0.1) is 25.3 Å². The van der Waals surface area contributed by atoms with Crippen LogP contribution in [-0.2, 0) is 11.0 Å². The highest BCUT2D eigenvalue weighted by Gasteiger charge is 2.30. The van der Waals surface area contributed by atoms with Gasteiger partial charge in [-0.3, -0.25) is 9.69 Å². The van der Waals surface area contributed by atoms with Crippen molar-refractivity contribution in [2.24, 2.45) is 5.41 Å². The Labute approximate surface area is 132 Å². The van der Waals surface area contributed by atoms with Gasteiger partial charge < -0.3 is 15.5 Å². The summed E-state index contributed by atoms with van der Waals surface area (Å²) in [6.45, 7) is 1.50. The third-order valence-corrected chi connectivity index (χ3v) is 3.32. The number of likely N-dealkylation sites (N-methyl/N-ethyl adjacent to an activating group) is 1. The molecule has 23 heavy (non-hydrogen) atoms. The van der Waals surface area contributed by atoms with Crippen molar-refractivity contribution in [3.05, 3.63) is 29.8 Å². The van der Waals surface area contributed by atoms with E-state index in [1.165, 1.54) is 12.1 Å². The van der Waals surface area contributed by atoms with Crippen molar-refractivity contribution < 1.29 is 28.2 Å². The van der Waals surface area contributed by atoms with Gasteiger partial charge in [-0.1, -0.05) is 6.92 Å². The fourth-order valence-electron chi connectivity index (χ4n) is 2.05. The number of nitrogens with one attached hydrogen (secondary N) is 1. The fraction of sp³-hybridized carbons (Fsp3) is 0.533. The van der Waals surface area contributed by atoms with E-state index in [4.69, 9.17) is 0 Å². The van der Waals surface area contributed by atoms with E-state index in [2.05, 4.69) is 5.32 Å². The summed E-state index contributed by atoms with van der Waals surface area (Å²) >= 11 is 0. The normalized spacial score (nSPS) is 12.5. The fourth-order valence-corrected chi connectivity index (χ4v) is 2.05. The second-order valence-corrected chi connectivity index (χ2v) is 5.92. The molecule has 1 amide bonds. The highest BCUT2D eigenvalue weighted by atomic mass is 19.4. The summed E-state index contributed by atoms with van der Waals surface area (Å²) in [5.74, 6) is -0.398. The van der Waals surface area contributed by atoms with Crippen molar-refractivity contribution in [3.8, 4) is 0 Å². The lowest BCUT2D eigenvalue weighted by atomic mass is 9.92. The summed E-state index contributed by atoms with van der Waals surface area (Å²) in [7, 11) is 1.65. The third-order valence-electron chi connectivity index (χ3n) is 3.32. The zero-order valence-electron chi connectivity index (χ0n) is 13.0. The summed E-state index contributed by atoms with van der Waals surface area (Å²) in [6.07, 6.45) is -4.41. The van der Waals surface area contributed by atoms with Gasteiger partial charge in [0.15, 0.2) is 0 Å². The molecule has 1 aromatic carbocycles. The van der Waals surface area contributed by atoms with Gasteiger partial charge in [-0.15, -0.1) is 0 Å². The maximum Gasteiger partial charge on any atom is 0.416 e. The average molecular weight is 334 g/mol. The highest BCUT2D eigenvalue weighted by Crippen LogP contribution is 2.29. The van der Waals surface area contributed by atoms with Crippen LogP contribution in [0.2, 0.25) is 0 Å². The number of benzene rings is 1. The Balaban J connectivity index is 2.56. The first-order valence-electron chi connectivity index (χ1n) is 6.97. The quantitative estimate of drug-likeness (QED) is 0.708. The topological polar surface area (TPSA) is 72.8 Å². The number of amides is 1. The molecule has 0 bridgehead atoms. The Morgan fingerprint density at radius 1 is 1.17 bits per heavy atom. The largest absolute Gasteiger partial charge is 0.416 e. The zero-order valence-corrected chi connectivity index (χ0v) is 13.0. The highest BCUT2D eigenvalue weighted by molar-refractivity contribution is 5.92. The van der Waals surface area contributed by atoms with E-state index in [-0.39, 0.29) is 25.4 Å². The number of nitrogens with zero attached hydrogens (tertiary/aromatic N) is 1. The number of anilines is 1. The van der Waals surface area contributed by atoms with Crippen molar-refractivity contribution in [1.29, 1.82) is 0 Å². The summed E-state index contributed by atoms with van der Waals surface area (Å²) in [4.78, 5) is 13.5. The van der Waals surface area contributed by atoms with Gasteiger partial charge in [0, 0.05) is 17.6 Å². The van der Waals surface area contributed by atoms with E-state index in [9.17, 15) is 28.2 Å². The molecular weight excluding hydrogens is 313 g/mol. The summed E-state index contributed by atoms with van der Waals surface area (Å²) < 4.78 is 37.3. The van der Waals surface area contributed by atoms with Crippen LogP contribution in [0.25, 0.3) is 0 Å². The van der Waals surface area contributed by atoms with Crippen molar-refractivity contribution >= 4 is 11.6 Å². The molecule has 0 aliphatic rings. The number of carbonyl (C=O) groups is 1. The summed E-state index contributed by atoms with van der Waals surface area (Å²) in [5, 5.41) is 20.9. The van der Waals surface area contributed by atoms with Crippen molar-refractivity contribution in [2.45, 2.75) is 13.1 Å². The standard InChI is InChI=1S/C15H21F3N2O3/c1-14(9-21,10-22)8-20(2)7-13(23)19-12-5-3-11(4-6-12)15(16,17)18/h3-6,21-22H,7-10H2,1-2H3,(H,19,23). The van der Waals surface area contributed by atoms with Gasteiger partial charge in [-0.05, 0) is 31.3 Å². The molecule has 0 saturated carbocycles. The third kappa shape index (κ3) is 6.17. The zero-order chi connectivity index (χ0) is 17.7. The van der Waals surface area contributed by atoms with E-state index >= 15 is 0 Å². The maximum atomic E-state index is 12.4. The molecule has 0 aliphatic heterocycles. The predicted octanol–water partition coefficient (Wildman–Crippen LogP) is 1.57. The molecule has 0 fully saturated rings. The van der Waals surface area contributed by atoms with Gasteiger partial charge in [0.25, 0.3) is 0 Å². The Kier molecular flexibility index (Phi) is 6.55. The van der Waals surface area contributed by atoms with Gasteiger partial charge in [-0.25, -0.2) is 0 Å². The van der Waals surface area contributed by atoms with Crippen LogP contribution in [0.15, 0.2) is 24.3 Å². The number of rotatable bonds is 7. The molecule has 0 aliphatic carbocycles. The summed E-state index contributed by atoms with van der Waals surface area (Å²) in [5.41, 5.74) is -1.25. The van der Waals surface area contributed by atoms with Crippen LogP contribution in [0.1, 0.15) is 12.5 Å². The molecule has 8 heteroatoms. The molecule has 130 valence electrons. The number of alkyl halides is 3. The number of carbonyl (C=O) groups excluding carboxylic acids is 1. The molecule has 0 atom stereocenters. The Hall–Kier alpha value is -1.64. The smallest absolute Gasteiger partial charge is 0.396 e. The van der Waals surface area contributed by atoms with Crippen LogP contribution in [0, 0.1) is 5.41 Å². The van der Waals surface area contributed by atoms with Gasteiger partial charge >= 0.3 is 6.18 Å². The Morgan fingerprint density at radius 3 is 2.13 bits per heavy atom. The molecule has 0 saturated heterocycles. The Morgan fingerprint density at radius 2 is 1.70 bits per heavy atom. The van der Waals surface area contributed by atoms with Crippen LogP contribution in [0.4, 0.5) is 18.9 Å². The van der Waals surface area contributed by atoms with Crippen LogP contribution in [0.3, 0.4) is 0 Å². The van der Waals surface area contributed by atoms with E-state index in [1.54, 1.807) is 18.9 Å². The SMILES string of the molecule is CN(CC(=O)Nc1ccc(C(F)(F)F)cc1)CC(C)(CO)CO. The van der Waals surface area contributed by atoms with E-state index in [0.29, 0.717) is 6.54 Å². The number of aliphatic hydroxyl groups excluding tert-OH is 2. The molecular formula is C15H21F3N2O3. The number of aliphatic hydroxyl groups is 2. The molecule has 3 N–H and O–H groups in total. The van der Waals surface area contributed by atoms with Gasteiger partial charge in [-0.2, -0.15) is 13.2 Å². The molecule has 0 unspecified atom stereocenters. The average Bonchev–Trinajstić information content (AvgIpc) is 2.46. The minimum absolute atomic E-state index is 0.0172. The minimum Gasteiger partial charge on any atom is -0.396 e. The lowest BCUT2D eigenvalue weighted by Gasteiger charge is -2.29. The molecule has 0 radical (unpaired) electrons. The minimum atomic E-state index is -4.41. The second kappa shape index (κ2) is 7.76. The van der Waals surface area contributed by atoms with Gasteiger partial charge in [0.1, 0.15) is 0 Å². The van der Waals surface area contributed by atoms with Crippen LogP contribution in [-0.4, -0.2) is 54.4 Å².